The van der Waals surface area contributed by atoms with Gasteiger partial charge >= 0.3 is 6.61 Å². The van der Waals surface area contributed by atoms with Crippen LogP contribution in [-0.4, -0.2) is 32.3 Å². The van der Waals surface area contributed by atoms with Crippen LogP contribution in [0.2, 0.25) is 0 Å². The average Bonchev–Trinajstić information content (AvgIpc) is 2.55. The van der Waals surface area contributed by atoms with Gasteiger partial charge in [-0.15, -0.1) is 0 Å². The molecule has 24 heavy (non-hydrogen) atoms. The first-order valence-corrected chi connectivity index (χ1v) is 7.44. The van der Waals surface area contributed by atoms with Gasteiger partial charge in [0.05, 0.1) is 6.61 Å². The number of hydrogen-bond donors (Lipinski definition) is 1. The van der Waals surface area contributed by atoms with E-state index >= 15 is 0 Å². The highest BCUT2D eigenvalue weighted by Crippen LogP contribution is 2.23. The van der Waals surface area contributed by atoms with Crippen LogP contribution in [0.1, 0.15) is 17.3 Å². The second kappa shape index (κ2) is 8.40. The van der Waals surface area contributed by atoms with Gasteiger partial charge in [-0.2, -0.15) is 8.78 Å². The van der Waals surface area contributed by atoms with Gasteiger partial charge in [-0.05, 0) is 42.3 Å². The molecule has 0 heterocycles. The molecule has 0 spiro atoms. The molecule has 2 rings (SSSR count). The Morgan fingerprint density at radius 2 is 1.58 bits per heavy atom. The molecule has 0 aliphatic heterocycles. The van der Waals surface area contributed by atoms with Crippen molar-refractivity contribution in [2.45, 2.75) is 19.6 Å². The molecule has 0 fully saturated rings. The summed E-state index contributed by atoms with van der Waals surface area (Å²) in [5.74, 6) is -0.0661. The van der Waals surface area contributed by atoms with Crippen molar-refractivity contribution in [3.8, 4) is 16.9 Å². The van der Waals surface area contributed by atoms with Gasteiger partial charge in [0.2, 0.25) is 0 Å². The van der Waals surface area contributed by atoms with Crippen LogP contribution in [0.3, 0.4) is 0 Å². The predicted octanol–water partition coefficient (Wildman–Crippen LogP) is 3.72. The summed E-state index contributed by atoms with van der Waals surface area (Å²) in [5.41, 5.74) is 2.26. The molecule has 0 aliphatic carbocycles. The fourth-order valence-electron chi connectivity index (χ4n) is 2.24. The van der Waals surface area contributed by atoms with E-state index in [9.17, 15) is 13.6 Å². The number of carbonyl (C=O) groups excluding carboxylic acids is 1. The molecule has 6 heteroatoms. The zero-order valence-corrected chi connectivity index (χ0v) is 13.5. The Kier molecular flexibility index (Phi) is 6.26. The number of nitrogens with one attached hydrogen (secondary N) is 1. The molecule has 0 saturated heterocycles. The molecular weight excluding hydrogens is 316 g/mol. The van der Waals surface area contributed by atoms with Gasteiger partial charge in [-0.1, -0.05) is 24.3 Å². The zero-order chi connectivity index (χ0) is 17.5. The highest BCUT2D eigenvalue weighted by Gasteiger charge is 2.10. The summed E-state index contributed by atoms with van der Waals surface area (Å²) in [5, 5.41) is 2.83. The lowest BCUT2D eigenvalue weighted by molar-refractivity contribution is -0.0498. The van der Waals surface area contributed by atoms with Gasteiger partial charge in [0.1, 0.15) is 5.75 Å². The van der Waals surface area contributed by atoms with Crippen molar-refractivity contribution in [3.05, 3.63) is 54.1 Å². The first-order valence-electron chi connectivity index (χ1n) is 7.44. The quantitative estimate of drug-likeness (QED) is 0.839. The van der Waals surface area contributed by atoms with E-state index in [1.54, 1.807) is 43.5 Å². The summed E-state index contributed by atoms with van der Waals surface area (Å²) in [6.45, 7) is -0.538. The molecule has 0 bridgehead atoms. The van der Waals surface area contributed by atoms with Gasteiger partial charge in [-0.25, -0.2) is 0 Å². The maximum Gasteiger partial charge on any atom is 0.387 e. The molecular formula is C18H19F2NO3. The minimum Gasteiger partial charge on any atom is -0.435 e. The fraction of sp³-hybridized carbons (Fsp3) is 0.278. The first kappa shape index (κ1) is 17.9. The van der Waals surface area contributed by atoms with Crippen LogP contribution >= 0.6 is 0 Å². The molecule has 128 valence electrons. The molecule has 1 atom stereocenters. The molecule has 4 nitrogen and oxygen atoms in total. The van der Waals surface area contributed by atoms with Crippen molar-refractivity contribution < 1.29 is 23.0 Å². The number of amides is 1. The Morgan fingerprint density at radius 3 is 2.08 bits per heavy atom. The largest absolute Gasteiger partial charge is 0.435 e. The van der Waals surface area contributed by atoms with Crippen molar-refractivity contribution in [2.24, 2.45) is 0 Å². The number of carbonyl (C=O) groups is 1. The maximum absolute atomic E-state index is 12.1. The highest BCUT2D eigenvalue weighted by atomic mass is 19.3. The van der Waals surface area contributed by atoms with Crippen molar-refractivity contribution in [1.82, 2.24) is 5.32 Å². The Balaban J connectivity index is 2.04. The number of alkyl halides is 2. The second-order valence-corrected chi connectivity index (χ2v) is 5.31. The summed E-state index contributed by atoms with van der Waals surface area (Å²) < 4.78 is 33.6. The van der Waals surface area contributed by atoms with E-state index in [2.05, 4.69) is 10.1 Å². The van der Waals surface area contributed by atoms with Crippen molar-refractivity contribution in [3.63, 3.8) is 0 Å². The summed E-state index contributed by atoms with van der Waals surface area (Å²) in [4.78, 5) is 12.1. The predicted molar refractivity (Wildman–Crippen MR) is 87.3 cm³/mol. The van der Waals surface area contributed by atoms with Crippen molar-refractivity contribution in [2.75, 3.05) is 13.7 Å². The standard InChI is InChI=1S/C18H19F2NO3/c1-12(11-23-2)21-17(22)15-5-3-13(4-6-15)14-7-9-16(10-8-14)24-18(19)20/h3-10,12,18H,11H2,1-2H3,(H,21,22)/t12-/m0/s1. The third kappa shape index (κ3) is 5.03. The van der Waals surface area contributed by atoms with Crippen molar-refractivity contribution in [1.29, 1.82) is 0 Å². The van der Waals surface area contributed by atoms with E-state index in [-0.39, 0.29) is 17.7 Å². The minimum absolute atomic E-state index is 0.0791. The molecule has 0 unspecified atom stereocenters. The lowest BCUT2D eigenvalue weighted by atomic mass is 10.0. The third-order valence-electron chi connectivity index (χ3n) is 3.35. The van der Waals surface area contributed by atoms with Gasteiger partial charge in [-0.3, -0.25) is 4.79 Å². The van der Waals surface area contributed by atoms with E-state index < -0.39 is 6.61 Å². The topological polar surface area (TPSA) is 47.6 Å². The molecule has 1 amide bonds. The van der Waals surface area contributed by atoms with E-state index in [0.29, 0.717) is 12.2 Å². The van der Waals surface area contributed by atoms with E-state index in [1.807, 2.05) is 6.92 Å². The number of rotatable bonds is 7. The molecule has 0 radical (unpaired) electrons. The van der Waals surface area contributed by atoms with Crippen LogP contribution < -0.4 is 10.1 Å². The fourth-order valence-corrected chi connectivity index (χ4v) is 2.24. The van der Waals surface area contributed by atoms with Crippen LogP contribution in [0, 0.1) is 0 Å². The molecule has 0 aromatic heterocycles. The van der Waals surface area contributed by atoms with Crippen LogP contribution in [0.4, 0.5) is 8.78 Å². The number of hydrogen-bond acceptors (Lipinski definition) is 3. The second-order valence-electron chi connectivity index (χ2n) is 5.31. The lowest BCUT2D eigenvalue weighted by Gasteiger charge is -2.13. The summed E-state index contributed by atoms with van der Waals surface area (Å²) >= 11 is 0. The Morgan fingerprint density at radius 1 is 1.04 bits per heavy atom. The van der Waals surface area contributed by atoms with Gasteiger partial charge in [0, 0.05) is 18.7 Å². The molecule has 1 N–H and O–H groups in total. The first-order chi connectivity index (χ1) is 11.5. The number of halogens is 2. The summed E-state index contributed by atoms with van der Waals surface area (Å²) in [6, 6.07) is 13.3. The highest BCUT2D eigenvalue weighted by molar-refractivity contribution is 5.94. The lowest BCUT2D eigenvalue weighted by Crippen LogP contribution is -2.35. The van der Waals surface area contributed by atoms with Gasteiger partial charge < -0.3 is 14.8 Å². The van der Waals surface area contributed by atoms with Crippen LogP contribution in [0.5, 0.6) is 5.75 Å². The molecule has 0 aliphatic rings. The molecule has 0 saturated carbocycles. The van der Waals surface area contributed by atoms with E-state index in [4.69, 9.17) is 4.74 Å². The smallest absolute Gasteiger partial charge is 0.387 e. The number of methoxy groups -OCH3 is 1. The average molecular weight is 335 g/mol. The summed E-state index contributed by atoms with van der Waals surface area (Å²) in [6.07, 6.45) is 0. The van der Waals surface area contributed by atoms with Crippen LogP contribution in [-0.2, 0) is 4.74 Å². The number of ether oxygens (including phenoxy) is 2. The van der Waals surface area contributed by atoms with Gasteiger partial charge in [0.15, 0.2) is 0 Å². The van der Waals surface area contributed by atoms with Crippen LogP contribution in [0.25, 0.3) is 11.1 Å². The normalized spacial score (nSPS) is 12.0. The monoisotopic (exact) mass is 335 g/mol. The third-order valence-corrected chi connectivity index (χ3v) is 3.35. The maximum atomic E-state index is 12.1. The SMILES string of the molecule is COC[C@H](C)NC(=O)c1ccc(-c2ccc(OC(F)F)cc2)cc1. The zero-order valence-electron chi connectivity index (χ0n) is 13.5. The van der Waals surface area contributed by atoms with Crippen LogP contribution in [0.15, 0.2) is 48.5 Å². The Hall–Kier alpha value is -2.47. The van der Waals surface area contributed by atoms with E-state index in [0.717, 1.165) is 11.1 Å². The minimum atomic E-state index is -2.84. The molecule has 2 aromatic rings. The van der Waals surface area contributed by atoms with Gasteiger partial charge in [0.25, 0.3) is 5.91 Å². The molecule has 2 aromatic carbocycles. The van der Waals surface area contributed by atoms with E-state index in [1.165, 1.54) is 12.1 Å². The Bertz CT molecular complexity index is 657. The summed E-state index contributed by atoms with van der Waals surface area (Å²) in [7, 11) is 1.58. The number of benzene rings is 2. The Labute approximate surface area is 139 Å². The van der Waals surface area contributed by atoms with Crippen molar-refractivity contribution >= 4 is 5.91 Å².